The van der Waals surface area contributed by atoms with E-state index in [2.05, 4.69) is 16.8 Å². The van der Waals surface area contributed by atoms with Gasteiger partial charge in [0.25, 0.3) is 0 Å². The van der Waals surface area contributed by atoms with Gasteiger partial charge in [-0.25, -0.2) is 0 Å². The van der Waals surface area contributed by atoms with Crippen molar-refractivity contribution in [2.24, 2.45) is 0 Å². The highest BCUT2D eigenvalue weighted by Crippen LogP contribution is 2.10. The average molecular weight is 228 g/mol. The summed E-state index contributed by atoms with van der Waals surface area (Å²) < 4.78 is 0. The average Bonchev–Trinajstić information content (AvgIpc) is 2.71. The van der Waals surface area contributed by atoms with Crippen LogP contribution < -0.4 is 0 Å². The number of rotatable bonds is 8. The lowest BCUT2D eigenvalue weighted by atomic mass is 10.2. The summed E-state index contributed by atoms with van der Waals surface area (Å²) in [6, 6.07) is 0. The predicted octanol–water partition coefficient (Wildman–Crippen LogP) is 2.13. The third-order valence-corrected chi connectivity index (χ3v) is 3.12. The Bertz CT molecular complexity index is 239. The highest BCUT2D eigenvalue weighted by atomic mass is 32.1. The second-order valence-electron chi connectivity index (χ2n) is 3.67. The van der Waals surface area contributed by atoms with Gasteiger partial charge in [-0.3, -0.25) is 9.88 Å². The van der Waals surface area contributed by atoms with Crippen LogP contribution in [0.2, 0.25) is 0 Å². The Morgan fingerprint density at radius 3 is 2.87 bits per heavy atom. The summed E-state index contributed by atoms with van der Waals surface area (Å²) in [6.45, 7) is 5.22. The van der Waals surface area contributed by atoms with Crippen molar-refractivity contribution >= 4 is 11.3 Å². The monoisotopic (exact) mass is 228 g/mol. The van der Waals surface area contributed by atoms with E-state index in [1.54, 1.807) is 11.3 Å². The lowest BCUT2D eigenvalue weighted by Gasteiger charge is -2.19. The minimum Gasteiger partial charge on any atom is -0.395 e. The zero-order chi connectivity index (χ0) is 10.9. The molecule has 1 aromatic rings. The molecule has 15 heavy (non-hydrogen) atoms. The zero-order valence-electron chi connectivity index (χ0n) is 9.35. The number of unbranched alkanes of at least 4 members (excludes halogenated alkanes) is 2. The Hall–Kier alpha value is -0.450. The van der Waals surface area contributed by atoms with Crippen LogP contribution in [0.1, 0.15) is 31.1 Å². The standard InChI is InChI=1S/C11H20N2OS/c1-2-3-4-5-13(6-7-14)9-11-8-12-10-15-11/h8,10,14H,2-7,9H2,1H3. The molecule has 1 aromatic heterocycles. The highest BCUT2D eigenvalue weighted by Gasteiger charge is 2.05. The van der Waals surface area contributed by atoms with Crippen LogP contribution in [0, 0.1) is 0 Å². The van der Waals surface area contributed by atoms with Crippen LogP contribution in [0.4, 0.5) is 0 Å². The van der Waals surface area contributed by atoms with Crippen molar-refractivity contribution in [3.8, 4) is 0 Å². The predicted molar refractivity (Wildman–Crippen MR) is 64.0 cm³/mol. The lowest BCUT2D eigenvalue weighted by molar-refractivity contribution is 0.188. The first-order valence-corrected chi connectivity index (χ1v) is 6.45. The van der Waals surface area contributed by atoms with Crippen molar-refractivity contribution in [3.05, 3.63) is 16.6 Å². The Labute approximate surface area is 95.8 Å². The smallest absolute Gasteiger partial charge is 0.0794 e. The number of aromatic nitrogens is 1. The van der Waals surface area contributed by atoms with Crippen LogP contribution in [0.15, 0.2) is 11.7 Å². The molecular weight excluding hydrogens is 208 g/mol. The summed E-state index contributed by atoms with van der Waals surface area (Å²) in [5, 5.41) is 8.97. The molecule has 0 spiro atoms. The third kappa shape index (κ3) is 5.25. The van der Waals surface area contributed by atoms with E-state index >= 15 is 0 Å². The van der Waals surface area contributed by atoms with Crippen molar-refractivity contribution in [1.82, 2.24) is 9.88 Å². The normalized spacial score (nSPS) is 11.1. The van der Waals surface area contributed by atoms with E-state index in [1.165, 1.54) is 24.1 Å². The number of hydrogen-bond donors (Lipinski definition) is 1. The van der Waals surface area contributed by atoms with E-state index in [-0.39, 0.29) is 6.61 Å². The first-order valence-electron chi connectivity index (χ1n) is 5.57. The topological polar surface area (TPSA) is 36.4 Å². The van der Waals surface area contributed by atoms with Gasteiger partial charge in [-0.15, -0.1) is 11.3 Å². The maximum atomic E-state index is 8.97. The molecule has 0 aliphatic heterocycles. The molecule has 0 aliphatic carbocycles. The first kappa shape index (κ1) is 12.6. The maximum absolute atomic E-state index is 8.97. The Morgan fingerprint density at radius 1 is 1.40 bits per heavy atom. The Morgan fingerprint density at radius 2 is 2.27 bits per heavy atom. The van der Waals surface area contributed by atoms with Crippen LogP contribution in [-0.4, -0.2) is 34.7 Å². The van der Waals surface area contributed by atoms with Gasteiger partial charge in [-0.1, -0.05) is 19.8 Å². The van der Waals surface area contributed by atoms with Crippen molar-refractivity contribution in [1.29, 1.82) is 0 Å². The first-order chi connectivity index (χ1) is 7.36. The van der Waals surface area contributed by atoms with Gasteiger partial charge < -0.3 is 5.11 Å². The Balaban J connectivity index is 2.29. The maximum Gasteiger partial charge on any atom is 0.0794 e. The number of thiazole rings is 1. The van der Waals surface area contributed by atoms with Gasteiger partial charge in [-0.05, 0) is 13.0 Å². The molecule has 0 fully saturated rings. The molecule has 0 saturated carbocycles. The van der Waals surface area contributed by atoms with Crippen LogP contribution in [-0.2, 0) is 6.54 Å². The molecular formula is C11H20N2OS. The van der Waals surface area contributed by atoms with Crippen LogP contribution in [0.3, 0.4) is 0 Å². The van der Waals surface area contributed by atoms with Gasteiger partial charge >= 0.3 is 0 Å². The van der Waals surface area contributed by atoms with Crippen molar-refractivity contribution in [3.63, 3.8) is 0 Å². The number of aliphatic hydroxyl groups is 1. The van der Waals surface area contributed by atoms with Crippen molar-refractivity contribution < 1.29 is 5.11 Å². The summed E-state index contributed by atoms with van der Waals surface area (Å²) in [5.74, 6) is 0. The minimum atomic E-state index is 0.241. The van der Waals surface area contributed by atoms with Gasteiger partial charge in [0.1, 0.15) is 0 Å². The third-order valence-electron chi connectivity index (χ3n) is 2.36. The molecule has 0 unspecified atom stereocenters. The molecule has 0 aliphatic rings. The van der Waals surface area contributed by atoms with Crippen molar-refractivity contribution in [2.45, 2.75) is 32.7 Å². The number of nitrogens with zero attached hydrogens (tertiary/aromatic N) is 2. The van der Waals surface area contributed by atoms with Crippen LogP contribution >= 0.6 is 11.3 Å². The summed E-state index contributed by atoms with van der Waals surface area (Å²) in [6.07, 6.45) is 5.64. The molecule has 0 saturated heterocycles. The molecule has 0 atom stereocenters. The molecule has 1 heterocycles. The van der Waals surface area contributed by atoms with Gasteiger partial charge in [0, 0.05) is 24.2 Å². The van der Waals surface area contributed by atoms with Gasteiger partial charge in [0.15, 0.2) is 0 Å². The number of hydrogen-bond acceptors (Lipinski definition) is 4. The largest absolute Gasteiger partial charge is 0.395 e. The minimum absolute atomic E-state index is 0.241. The SMILES string of the molecule is CCCCCN(CCO)Cc1cncs1. The van der Waals surface area contributed by atoms with Crippen LogP contribution in [0.5, 0.6) is 0 Å². The van der Waals surface area contributed by atoms with Gasteiger partial charge in [0.2, 0.25) is 0 Å². The van der Waals surface area contributed by atoms with Gasteiger partial charge in [-0.2, -0.15) is 0 Å². The molecule has 86 valence electrons. The molecule has 0 radical (unpaired) electrons. The van der Waals surface area contributed by atoms with Crippen LogP contribution in [0.25, 0.3) is 0 Å². The van der Waals surface area contributed by atoms with E-state index in [4.69, 9.17) is 5.11 Å². The fourth-order valence-corrected chi connectivity index (χ4v) is 2.17. The summed E-state index contributed by atoms with van der Waals surface area (Å²) >= 11 is 1.68. The Kier molecular flexibility index (Phi) is 6.55. The van der Waals surface area contributed by atoms with E-state index < -0.39 is 0 Å². The number of aliphatic hydroxyl groups excluding tert-OH is 1. The quantitative estimate of drug-likeness (QED) is 0.692. The fourth-order valence-electron chi connectivity index (χ4n) is 1.54. The molecule has 1 rings (SSSR count). The second kappa shape index (κ2) is 7.79. The van der Waals surface area contributed by atoms with E-state index in [0.717, 1.165) is 19.6 Å². The molecule has 4 heteroatoms. The molecule has 3 nitrogen and oxygen atoms in total. The fraction of sp³-hybridized carbons (Fsp3) is 0.727. The highest BCUT2D eigenvalue weighted by molar-refractivity contribution is 7.09. The lowest BCUT2D eigenvalue weighted by Crippen LogP contribution is -2.27. The van der Waals surface area contributed by atoms with E-state index in [0.29, 0.717) is 0 Å². The molecule has 1 N–H and O–H groups in total. The molecule has 0 amide bonds. The second-order valence-corrected chi connectivity index (χ2v) is 4.65. The van der Waals surface area contributed by atoms with E-state index in [1.807, 2.05) is 11.7 Å². The summed E-state index contributed by atoms with van der Waals surface area (Å²) in [7, 11) is 0. The summed E-state index contributed by atoms with van der Waals surface area (Å²) in [5.41, 5.74) is 1.86. The zero-order valence-corrected chi connectivity index (χ0v) is 10.2. The summed E-state index contributed by atoms with van der Waals surface area (Å²) in [4.78, 5) is 7.63. The molecule has 0 aromatic carbocycles. The van der Waals surface area contributed by atoms with E-state index in [9.17, 15) is 0 Å². The molecule has 0 bridgehead atoms. The van der Waals surface area contributed by atoms with Crippen molar-refractivity contribution in [2.75, 3.05) is 19.7 Å². The van der Waals surface area contributed by atoms with Gasteiger partial charge in [0.05, 0.1) is 12.1 Å².